The van der Waals surface area contributed by atoms with Crippen molar-refractivity contribution in [3.8, 4) is 0 Å². The monoisotopic (exact) mass is 443 g/mol. The average Bonchev–Trinajstić information content (AvgIpc) is 3.19. The van der Waals surface area contributed by atoms with Crippen LogP contribution in [0.1, 0.15) is 24.0 Å². The van der Waals surface area contributed by atoms with E-state index in [0.717, 1.165) is 70.4 Å². The number of furan rings is 1. The summed E-state index contributed by atoms with van der Waals surface area (Å²) in [5.41, 5.74) is 5.57. The zero-order chi connectivity index (χ0) is 22.8. The number of likely N-dealkylation sites (tertiary alicyclic amines) is 1. The number of benzene rings is 3. The smallest absolute Gasteiger partial charge is 0.238 e. The highest BCUT2D eigenvalue weighted by Crippen LogP contribution is 2.30. The van der Waals surface area contributed by atoms with Crippen molar-refractivity contribution in [3.63, 3.8) is 0 Å². The molecule has 0 atom stereocenters. The highest BCUT2D eigenvalue weighted by molar-refractivity contribution is 6.07. The van der Waals surface area contributed by atoms with E-state index >= 15 is 0 Å². The fraction of sp³-hybridized carbons (Fsp3) is 0.296. The number of piperidine rings is 1. The van der Waals surface area contributed by atoms with Crippen molar-refractivity contribution >= 4 is 39.2 Å². The van der Waals surface area contributed by atoms with Gasteiger partial charge in [-0.25, -0.2) is 0 Å². The summed E-state index contributed by atoms with van der Waals surface area (Å²) >= 11 is 0. The molecule has 1 fully saturated rings. The van der Waals surface area contributed by atoms with E-state index in [4.69, 9.17) is 4.42 Å². The zero-order valence-electron chi connectivity index (χ0n) is 18.8. The zero-order valence-corrected chi connectivity index (χ0v) is 18.8. The summed E-state index contributed by atoms with van der Waals surface area (Å²) in [6.45, 7) is 4.19. The van der Waals surface area contributed by atoms with Crippen molar-refractivity contribution in [3.05, 3.63) is 71.8 Å². The first kappa shape index (κ1) is 21.5. The van der Waals surface area contributed by atoms with Gasteiger partial charge >= 0.3 is 0 Å². The Morgan fingerprint density at radius 1 is 1.03 bits per heavy atom. The second kappa shape index (κ2) is 9.25. The molecule has 33 heavy (non-hydrogen) atoms. The fourth-order valence-corrected chi connectivity index (χ4v) is 4.71. The number of hydrogen-bond donors (Lipinski definition) is 3. The molecule has 0 radical (unpaired) electrons. The maximum absolute atomic E-state index is 12.7. The van der Waals surface area contributed by atoms with Crippen LogP contribution < -0.4 is 10.6 Å². The number of aliphatic hydroxyl groups excluding tert-OH is 1. The third kappa shape index (κ3) is 4.58. The lowest BCUT2D eigenvalue weighted by Gasteiger charge is -2.33. The molecule has 0 aliphatic carbocycles. The van der Waals surface area contributed by atoms with Gasteiger partial charge < -0.3 is 20.2 Å². The number of rotatable bonds is 6. The van der Waals surface area contributed by atoms with Gasteiger partial charge in [0.1, 0.15) is 11.2 Å². The number of aliphatic hydroxyl groups is 1. The molecule has 1 aliphatic rings. The van der Waals surface area contributed by atoms with E-state index in [2.05, 4.69) is 28.5 Å². The molecule has 1 aromatic heterocycles. The molecule has 4 aromatic rings. The Morgan fingerprint density at radius 2 is 1.82 bits per heavy atom. The number of hydrogen-bond acceptors (Lipinski definition) is 5. The molecular formula is C27H29N3O3. The summed E-state index contributed by atoms with van der Waals surface area (Å²) < 4.78 is 5.87. The van der Waals surface area contributed by atoms with Crippen molar-refractivity contribution in [2.75, 3.05) is 30.3 Å². The maximum Gasteiger partial charge on any atom is 0.238 e. The molecule has 1 aliphatic heterocycles. The topological polar surface area (TPSA) is 77.7 Å². The standard InChI is InChI=1S/C27H29N3O3/c1-18-5-4-6-19(17-31)27(18)29-20-11-13-30(14-12-20)16-26(32)28-21-9-10-25-23(15-21)22-7-2-3-8-24(22)33-25/h2-10,15,20,29,31H,11-14,16-17H2,1H3,(H,28,32). The highest BCUT2D eigenvalue weighted by atomic mass is 16.3. The predicted octanol–water partition coefficient (Wildman–Crippen LogP) is 4.90. The molecule has 1 saturated heterocycles. The summed E-state index contributed by atoms with van der Waals surface area (Å²) in [4.78, 5) is 14.9. The van der Waals surface area contributed by atoms with E-state index in [-0.39, 0.29) is 12.5 Å². The molecule has 5 rings (SSSR count). The second-order valence-electron chi connectivity index (χ2n) is 8.82. The van der Waals surface area contributed by atoms with Crippen LogP contribution in [-0.4, -0.2) is 41.6 Å². The molecule has 170 valence electrons. The molecule has 6 nitrogen and oxygen atoms in total. The number of anilines is 2. The normalized spacial score (nSPS) is 15.2. The van der Waals surface area contributed by atoms with Crippen LogP contribution in [0.25, 0.3) is 21.9 Å². The number of carbonyl (C=O) groups is 1. The molecular weight excluding hydrogens is 414 g/mol. The molecule has 0 unspecified atom stereocenters. The minimum atomic E-state index is -0.00460. The summed E-state index contributed by atoms with van der Waals surface area (Å²) in [6, 6.07) is 20.0. The Balaban J connectivity index is 1.17. The van der Waals surface area contributed by atoms with Crippen LogP contribution in [0.15, 0.2) is 65.1 Å². The molecule has 3 aromatic carbocycles. The molecule has 0 saturated carbocycles. The van der Waals surface area contributed by atoms with Gasteiger partial charge in [0.15, 0.2) is 0 Å². The Bertz CT molecular complexity index is 1290. The molecule has 3 N–H and O–H groups in total. The van der Waals surface area contributed by atoms with E-state index in [1.807, 2.05) is 54.6 Å². The van der Waals surface area contributed by atoms with E-state index in [1.54, 1.807) is 0 Å². The lowest BCUT2D eigenvalue weighted by Crippen LogP contribution is -2.42. The summed E-state index contributed by atoms with van der Waals surface area (Å²) in [5.74, 6) is -0.00460. The van der Waals surface area contributed by atoms with Crippen LogP contribution in [0.5, 0.6) is 0 Å². The number of amides is 1. The van der Waals surface area contributed by atoms with Crippen molar-refractivity contribution < 1.29 is 14.3 Å². The molecule has 6 heteroatoms. The van der Waals surface area contributed by atoms with E-state index in [9.17, 15) is 9.90 Å². The minimum absolute atomic E-state index is 0.00460. The maximum atomic E-state index is 12.7. The van der Waals surface area contributed by atoms with E-state index in [1.165, 1.54) is 0 Å². The van der Waals surface area contributed by atoms with Gasteiger partial charge in [-0.15, -0.1) is 0 Å². The van der Waals surface area contributed by atoms with Gasteiger partial charge in [-0.3, -0.25) is 9.69 Å². The Kier molecular flexibility index (Phi) is 6.03. The number of aryl methyl sites for hydroxylation is 1. The minimum Gasteiger partial charge on any atom is -0.456 e. The quantitative estimate of drug-likeness (QED) is 0.395. The number of para-hydroxylation sites is 2. The average molecular weight is 444 g/mol. The highest BCUT2D eigenvalue weighted by Gasteiger charge is 2.22. The van der Waals surface area contributed by atoms with Gasteiger partial charge in [0.25, 0.3) is 0 Å². The van der Waals surface area contributed by atoms with Crippen LogP contribution in [0.3, 0.4) is 0 Å². The van der Waals surface area contributed by atoms with Gasteiger partial charge in [-0.2, -0.15) is 0 Å². The Morgan fingerprint density at radius 3 is 2.64 bits per heavy atom. The van der Waals surface area contributed by atoms with Gasteiger partial charge in [0, 0.05) is 46.8 Å². The van der Waals surface area contributed by atoms with Gasteiger partial charge in [-0.1, -0.05) is 36.4 Å². The first-order chi connectivity index (χ1) is 16.1. The summed E-state index contributed by atoms with van der Waals surface area (Å²) in [5, 5.41) is 18.4. The van der Waals surface area contributed by atoms with Crippen molar-refractivity contribution in [1.29, 1.82) is 0 Å². The van der Waals surface area contributed by atoms with Crippen LogP contribution in [-0.2, 0) is 11.4 Å². The second-order valence-corrected chi connectivity index (χ2v) is 8.82. The van der Waals surface area contributed by atoms with Gasteiger partial charge in [0.2, 0.25) is 5.91 Å². The lowest BCUT2D eigenvalue weighted by molar-refractivity contribution is -0.117. The molecule has 0 bridgehead atoms. The van der Waals surface area contributed by atoms with Crippen molar-refractivity contribution in [2.24, 2.45) is 0 Å². The van der Waals surface area contributed by atoms with Gasteiger partial charge in [-0.05, 0) is 49.6 Å². The van der Waals surface area contributed by atoms with E-state index in [0.29, 0.717) is 12.6 Å². The van der Waals surface area contributed by atoms with Crippen molar-refractivity contribution in [1.82, 2.24) is 4.90 Å². The van der Waals surface area contributed by atoms with E-state index < -0.39 is 0 Å². The number of fused-ring (bicyclic) bond motifs is 3. The van der Waals surface area contributed by atoms with Crippen LogP contribution in [0.2, 0.25) is 0 Å². The van der Waals surface area contributed by atoms with Crippen LogP contribution in [0, 0.1) is 6.92 Å². The predicted molar refractivity (Wildman–Crippen MR) is 133 cm³/mol. The molecule has 1 amide bonds. The third-order valence-corrected chi connectivity index (χ3v) is 6.49. The first-order valence-electron chi connectivity index (χ1n) is 11.5. The summed E-state index contributed by atoms with van der Waals surface area (Å²) in [6.07, 6.45) is 1.92. The number of nitrogens with one attached hydrogen (secondary N) is 2. The van der Waals surface area contributed by atoms with Crippen molar-refractivity contribution in [2.45, 2.75) is 32.4 Å². The molecule has 0 spiro atoms. The fourth-order valence-electron chi connectivity index (χ4n) is 4.71. The van der Waals surface area contributed by atoms with Gasteiger partial charge in [0.05, 0.1) is 13.2 Å². The lowest BCUT2D eigenvalue weighted by atomic mass is 10.0. The number of nitrogens with zero attached hydrogens (tertiary/aromatic N) is 1. The first-order valence-corrected chi connectivity index (χ1v) is 11.5. The van der Waals surface area contributed by atoms with Crippen LogP contribution in [0.4, 0.5) is 11.4 Å². The number of carbonyl (C=O) groups excluding carboxylic acids is 1. The largest absolute Gasteiger partial charge is 0.456 e. The Hall–Kier alpha value is -3.35. The Labute approximate surface area is 193 Å². The molecule has 2 heterocycles. The SMILES string of the molecule is Cc1cccc(CO)c1NC1CCN(CC(=O)Nc2ccc3oc4ccccc4c3c2)CC1. The summed E-state index contributed by atoms with van der Waals surface area (Å²) in [7, 11) is 0. The van der Waals surface area contributed by atoms with Crippen LogP contribution >= 0.6 is 0 Å². The third-order valence-electron chi connectivity index (χ3n) is 6.49.